The number of carbonyl (C=O) groups excluding carboxylic acids is 1. The summed E-state index contributed by atoms with van der Waals surface area (Å²) in [6.45, 7) is 0.185. The van der Waals surface area contributed by atoms with Crippen LogP contribution in [0.5, 0.6) is 11.5 Å². The van der Waals surface area contributed by atoms with Gasteiger partial charge in [-0.1, -0.05) is 12.1 Å². The van der Waals surface area contributed by atoms with Crippen LogP contribution in [0, 0.1) is 0 Å². The Morgan fingerprint density at radius 3 is 2.37 bits per heavy atom. The van der Waals surface area contributed by atoms with Crippen molar-refractivity contribution in [1.29, 1.82) is 0 Å². The second-order valence-electron chi connectivity index (χ2n) is 6.19. The molecule has 9 heteroatoms. The van der Waals surface area contributed by atoms with Gasteiger partial charge in [0.2, 0.25) is 0 Å². The fourth-order valence-corrected chi connectivity index (χ4v) is 2.65. The molecule has 0 heterocycles. The van der Waals surface area contributed by atoms with Crippen LogP contribution >= 0.6 is 0 Å². The standard InChI is InChI=1S/C21H26F2N4O3/c1-4-25-19(28)15-7-5-14(6-8-15)12-26-21(24-2)27-13-16-11-17(29-3)9-10-18(16)30-20(22)23/h5-11,20H,4,12-13H2,1-3H3,(H,25,28)(H2,24,26,27). The van der Waals surface area contributed by atoms with Crippen molar-refractivity contribution in [2.24, 2.45) is 4.99 Å². The zero-order valence-electron chi connectivity index (χ0n) is 17.2. The highest BCUT2D eigenvalue weighted by molar-refractivity contribution is 5.94. The molecule has 0 unspecified atom stereocenters. The second kappa shape index (κ2) is 11.6. The lowest BCUT2D eigenvalue weighted by Crippen LogP contribution is -2.36. The molecule has 0 saturated heterocycles. The van der Waals surface area contributed by atoms with Crippen LogP contribution in [0.25, 0.3) is 0 Å². The number of hydrogen-bond donors (Lipinski definition) is 3. The van der Waals surface area contributed by atoms with Gasteiger partial charge in [0, 0.05) is 37.8 Å². The number of alkyl halides is 2. The molecular weight excluding hydrogens is 394 g/mol. The number of ether oxygens (including phenoxy) is 2. The Balaban J connectivity index is 1.96. The number of carbonyl (C=O) groups is 1. The maximum absolute atomic E-state index is 12.6. The van der Waals surface area contributed by atoms with Crippen LogP contribution in [0.2, 0.25) is 0 Å². The minimum Gasteiger partial charge on any atom is -0.497 e. The largest absolute Gasteiger partial charge is 0.497 e. The third kappa shape index (κ3) is 6.91. The molecule has 0 radical (unpaired) electrons. The Morgan fingerprint density at radius 2 is 1.77 bits per heavy atom. The van der Waals surface area contributed by atoms with Crippen molar-refractivity contribution in [3.05, 3.63) is 59.2 Å². The molecule has 2 aromatic rings. The van der Waals surface area contributed by atoms with Crippen LogP contribution < -0.4 is 25.4 Å². The summed E-state index contributed by atoms with van der Waals surface area (Å²) in [5.41, 5.74) is 2.05. The molecule has 1 amide bonds. The molecule has 0 atom stereocenters. The van der Waals surface area contributed by atoms with Crippen molar-refractivity contribution < 1.29 is 23.0 Å². The number of hydrogen-bond acceptors (Lipinski definition) is 4. The van der Waals surface area contributed by atoms with E-state index in [2.05, 4.69) is 25.7 Å². The van der Waals surface area contributed by atoms with Crippen LogP contribution in [0.1, 0.15) is 28.4 Å². The van der Waals surface area contributed by atoms with Crippen molar-refractivity contribution in [2.75, 3.05) is 20.7 Å². The summed E-state index contributed by atoms with van der Waals surface area (Å²) < 4.78 is 35.0. The van der Waals surface area contributed by atoms with Crippen LogP contribution in [-0.4, -0.2) is 39.2 Å². The zero-order valence-corrected chi connectivity index (χ0v) is 17.2. The summed E-state index contributed by atoms with van der Waals surface area (Å²) in [7, 11) is 3.10. The number of benzene rings is 2. The number of methoxy groups -OCH3 is 1. The number of nitrogens with zero attached hydrogens (tertiary/aromatic N) is 1. The van der Waals surface area contributed by atoms with E-state index in [0.717, 1.165) is 5.56 Å². The van der Waals surface area contributed by atoms with Crippen molar-refractivity contribution in [3.63, 3.8) is 0 Å². The molecule has 0 saturated carbocycles. The Morgan fingerprint density at radius 1 is 1.07 bits per heavy atom. The molecule has 2 rings (SSSR count). The van der Waals surface area contributed by atoms with E-state index < -0.39 is 6.61 Å². The minimum absolute atomic E-state index is 0.0645. The zero-order chi connectivity index (χ0) is 21.9. The molecule has 3 N–H and O–H groups in total. The van der Waals surface area contributed by atoms with Gasteiger partial charge < -0.3 is 25.4 Å². The normalized spacial score (nSPS) is 11.2. The fourth-order valence-electron chi connectivity index (χ4n) is 2.65. The summed E-state index contributed by atoms with van der Waals surface area (Å²) in [5, 5.41) is 8.95. The minimum atomic E-state index is -2.92. The maximum Gasteiger partial charge on any atom is 0.387 e. The number of nitrogens with one attached hydrogen (secondary N) is 3. The molecule has 30 heavy (non-hydrogen) atoms. The summed E-state index contributed by atoms with van der Waals surface area (Å²) in [4.78, 5) is 15.9. The molecule has 0 fully saturated rings. The fraction of sp³-hybridized carbons (Fsp3) is 0.333. The Kier molecular flexibility index (Phi) is 8.86. The molecule has 0 aliphatic rings. The Hall–Kier alpha value is -3.36. The molecule has 0 aromatic heterocycles. The lowest BCUT2D eigenvalue weighted by molar-refractivity contribution is -0.0505. The average Bonchev–Trinajstić information content (AvgIpc) is 2.75. The average molecular weight is 420 g/mol. The van der Waals surface area contributed by atoms with E-state index in [1.165, 1.54) is 13.2 Å². The SMILES string of the molecule is CCNC(=O)c1ccc(CNC(=NC)NCc2cc(OC)ccc2OC(F)F)cc1. The van der Waals surface area contributed by atoms with Crippen LogP contribution in [-0.2, 0) is 13.1 Å². The highest BCUT2D eigenvalue weighted by atomic mass is 19.3. The van der Waals surface area contributed by atoms with E-state index in [1.807, 2.05) is 19.1 Å². The molecule has 162 valence electrons. The number of halogens is 2. The first-order valence-electron chi connectivity index (χ1n) is 9.40. The predicted molar refractivity (Wildman–Crippen MR) is 111 cm³/mol. The topological polar surface area (TPSA) is 84.0 Å². The molecule has 2 aromatic carbocycles. The van der Waals surface area contributed by atoms with Gasteiger partial charge in [-0.2, -0.15) is 8.78 Å². The number of aliphatic imine (C=N–C) groups is 1. The van der Waals surface area contributed by atoms with E-state index in [0.29, 0.717) is 35.9 Å². The molecule has 0 aliphatic heterocycles. The number of guanidine groups is 1. The lowest BCUT2D eigenvalue weighted by atomic mass is 10.1. The summed E-state index contributed by atoms with van der Waals surface area (Å²) in [5.74, 6) is 0.960. The van der Waals surface area contributed by atoms with Crippen molar-refractivity contribution >= 4 is 11.9 Å². The molecule has 0 aliphatic carbocycles. The van der Waals surface area contributed by atoms with E-state index in [-0.39, 0.29) is 18.2 Å². The molecule has 7 nitrogen and oxygen atoms in total. The van der Waals surface area contributed by atoms with E-state index in [4.69, 9.17) is 4.74 Å². The number of rotatable bonds is 9. The third-order valence-electron chi connectivity index (χ3n) is 4.17. The van der Waals surface area contributed by atoms with Gasteiger partial charge in [0.1, 0.15) is 11.5 Å². The van der Waals surface area contributed by atoms with Crippen LogP contribution in [0.4, 0.5) is 8.78 Å². The van der Waals surface area contributed by atoms with E-state index >= 15 is 0 Å². The van der Waals surface area contributed by atoms with Crippen LogP contribution in [0.3, 0.4) is 0 Å². The van der Waals surface area contributed by atoms with E-state index in [1.54, 1.807) is 31.3 Å². The smallest absolute Gasteiger partial charge is 0.387 e. The highest BCUT2D eigenvalue weighted by Gasteiger charge is 2.12. The quantitative estimate of drug-likeness (QED) is 0.429. The maximum atomic E-state index is 12.6. The Bertz CT molecular complexity index is 858. The Labute approximate surface area is 174 Å². The summed E-state index contributed by atoms with van der Waals surface area (Å²) in [6, 6.07) is 11.8. The van der Waals surface area contributed by atoms with Gasteiger partial charge in [-0.15, -0.1) is 0 Å². The van der Waals surface area contributed by atoms with E-state index in [9.17, 15) is 13.6 Å². The molecular formula is C21H26F2N4O3. The first-order valence-corrected chi connectivity index (χ1v) is 9.40. The lowest BCUT2D eigenvalue weighted by Gasteiger charge is -2.15. The highest BCUT2D eigenvalue weighted by Crippen LogP contribution is 2.25. The monoisotopic (exact) mass is 420 g/mol. The molecule has 0 spiro atoms. The second-order valence-corrected chi connectivity index (χ2v) is 6.19. The first-order chi connectivity index (χ1) is 14.5. The molecule has 0 bridgehead atoms. The number of amides is 1. The van der Waals surface area contributed by atoms with Gasteiger partial charge >= 0.3 is 6.61 Å². The predicted octanol–water partition coefficient (Wildman–Crippen LogP) is 2.91. The van der Waals surface area contributed by atoms with Crippen molar-refractivity contribution in [3.8, 4) is 11.5 Å². The van der Waals surface area contributed by atoms with Crippen LogP contribution in [0.15, 0.2) is 47.5 Å². The van der Waals surface area contributed by atoms with Gasteiger partial charge in [-0.3, -0.25) is 9.79 Å². The third-order valence-corrected chi connectivity index (χ3v) is 4.17. The van der Waals surface area contributed by atoms with Gasteiger partial charge in [0.15, 0.2) is 5.96 Å². The first kappa shape index (κ1) is 22.9. The van der Waals surface area contributed by atoms with Crippen molar-refractivity contribution in [1.82, 2.24) is 16.0 Å². The van der Waals surface area contributed by atoms with Gasteiger partial charge in [0.25, 0.3) is 5.91 Å². The van der Waals surface area contributed by atoms with Gasteiger partial charge in [-0.05, 0) is 42.8 Å². The summed E-state index contributed by atoms with van der Waals surface area (Å²) >= 11 is 0. The summed E-state index contributed by atoms with van der Waals surface area (Å²) in [6.07, 6.45) is 0. The van der Waals surface area contributed by atoms with Gasteiger partial charge in [-0.25, -0.2) is 0 Å². The van der Waals surface area contributed by atoms with Crippen molar-refractivity contribution in [2.45, 2.75) is 26.6 Å². The van der Waals surface area contributed by atoms with Gasteiger partial charge in [0.05, 0.1) is 7.11 Å².